The normalized spacial score (nSPS) is 17.4. The van der Waals surface area contributed by atoms with Crippen molar-refractivity contribution in [3.8, 4) is 0 Å². The van der Waals surface area contributed by atoms with Crippen LogP contribution in [0.15, 0.2) is 18.2 Å². The number of nitrogen functional groups attached to an aromatic ring is 1. The minimum atomic E-state index is -1.47. The van der Waals surface area contributed by atoms with E-state index in [1.807, 2.05) is 12.1 Å². The first-order valence-electron chi connectivity index (χ1n) is 5.94. The fraction of sp³-hybridized carbons (Fsp3) is 0.500. The highest BCUT2D eigenvalue weighted by Crippen LogP contribution is 2.34. The molecule has 86 valence electrons. The van der Waals surface area contributed by atoms with Crippen molar-refractivity contribution in [1.82, 2.24) is 0 Å². The molecule has 2 rings (SSSR count). The molecule has 0 bridgehead atoms. The third kappa shape index (κ3) is 2.23. The van der Waals surface area contributed by atoms with E-state index in [0.717, 1.165) is 18.4 Å². The van der Waals surface area contributed by atoms with Crippen molar-refractivity contribution in [3.63, 3.8) is 0 Å². The number of hydrogen-bond acceptors (Lipinski definition) is 3. The van der Waals surface area contributed by atoms with Gasteiger partial charge in [0.15, 0.2) is 0 Å². The maximum atomic E-state index is 9.20. The highest BCUT2D eigenvalue weighted by atomic mass is 16.4. The van der Waals surface area contributed by atoms with E-state index < -0.39 is 7.12 Å². The van der Waals surface area contributed by atoms with E-state index in [-0.39, 0.29) is 0 Å². The quantitative estimate of drug-likeness (QED) is 0.513. The molecule has 4 heteroatoms. The molecule has 0 aliphatic heterocycles. The van der Waals surface area contributed by atoms with Crippen LogP contribution in [0.1, 0.15) is 43.6 Å². The molecule has 0 saturated heterocycles. The second-order valence-corrected chi connectivity index (χ2v) is 4.56. The van der Waals surface area contributed by atoms with Crippen molar-refractivity contribution in [2.75, 3.05) is 5.73 Å². The Bertz CT molecular complexity index is 362. The third-order valence-electron chi connectivity index (χ3n) is 3.50. The molecule has 0 unspecified atom stereocenters. The Labute approximate surface area is 96.4 Å². The number of anilines is 1. The SMILES string of the molecule is Nc1c(B(O)O)cccc1C1CCCCC1. The van der Waals surface area contributed by atoms with Crippen LogP contribution in [0.4, 0.5) is 5.69 Å². The summed E-state index contributed by atoms with van der Waals surface area (Å²) < 4.78 is 0. The molecule has 3 nitrogen and oxygen atoms in total. The predicted octanol–water partition coefficient (Wildman–Crippen LogP) is 0.996. The topological polar surface area (TPSA) is 66.5 Å². The summed E-state index contributed by atoms with van der Waals surface area (Å²) in [6.07, 6.45) is 6.12. The zero-order chi connectivity index (χ0) is 11.5. The Balaban J connectivity index is 2.29. The summed E-state index contributed by atoms with van der Waals surface area (Å²) in [5.41, 5.74) is 8.08. The van der Waals surface area contributed by atoms with Crippen molar-refractivity contribution in [2.24, 2.45) is 0 Å². The van der Waals surface area contributed by atoms with Gasteiger partial charge in [-0.25, -0.2) is 0 Å². The molecule has 16 heavy (non-hydrogen) atoms. The maximum absolute atomic E-state index is 9.20. The molecular formula is C12H18BNO2. The number of rotatable bonds is 2. The Morgan fingerprint density at radius 2 is 1.81 bits per heavy atom. The fourth-order valence-corrected chi connectivity index (χ4v) is 2.60. The van der Waals surface area contributed by atoms with Crippen molar-refractivity contribution in [2.45, 2.75) is 38.0 Å². The molecule has 4 N–H and O–H groups in total. The molecule has 1 aromatic carbocycles. The summed E-state index contributed by atoms with van der Waals surface area (Å²) in [5.74, 6) is 0.493. The molecule has 0 aromatic heterocycles. The third-order valence-corrected chi connectivity index (χ3v) is 3.50. The number of hydrogen-bond donors (Lipinski definition) is 3. The highest BCUT2D eigenvalue weighted by Gasteiger charge is 2.22. The Morgan fingerprint density at radius 1 is 1.12 bits per heavy atom. The van der Waals surface area contributed by atoms with Gasteiger partial charge in [-0.1, -0.05) is 37.5 Å². The van der Waals surface area contributed by atoms with Gasteiger partial charge in [-0.2, -0.15) is 0 Å². The molecule has 1 fully saturated rings. The van der Waals surface area contributed by atoms with Crippen LogP contribution in [-0.2, 0) is 0 Å². The van der Waals surface area contributed by atoms with Crippen LogP contribution in [-0.4, -0.2) is 17.2 Å². The first-order valence-corrected chi connectivity index (χ1v) is 5.94. The van der Waals surface area contributed by atoms with Gasteiger partial charge in [0, 0.05) is 11.2 Å². The van der Waals surface area contributed by atoms with Crippen LogP contribution in [0.25, 0.3) is 0 Å². The van der Waals surface area contributed by atoms with E-state index in [2.05, 4.69) is 0 Å². The predicted molar refractivity (Wildman–Crippen MR) is 66.5 cm³/mol. The summed E-state index contributed by atoms with van der Waals surface area (Å²) >= 11 is 0. The second-order valence-electron chi connectivity index (χ2n) is 4.56. The Kier molecular flexibility index (Phi) is 3.51. The van der Waals surface area contributed by atoms with Gasteiger partial charge in [-0.15, -0.1) is 0 Å². The first kappa shape index (κ1) is 11.5. The van der Waals surface area contributed by atoms with Gasteiger partial charge in [-0.3, -0.25) is 0 Å². The number of para-hydroxylation sites is 1. The average molecular weight is 219 g/mol. The smallest absolute Gasteiger partial charge is 0.423 e. The van der Waals surface area contributed by atoms with Crippen molar-refractivity contribution < 1.29 is 10.0 Å². The van der Waals surface area contributed by atoms with Crippen LogP contribution in [0, 0.1) is 0 Å². The van der Waals surface area contributed by atoms with E-state index in [0.29, 0.717) is 17.1 Å². The lowest BCUT2D eigenvalue weighted by atomic mass is 9.75. The summed E-state index contributed by atoms with van der Waals surface area (Å²) in [4.78, 5) is 0. The zero-order valence-corrected chi connectivity index (χ0v) is 9.39. The van der Waals surface area contributed by atoms with Gasteiger partial charge in [0.1, 0.15) is 0 Å². The lowest BCUT2D eigenvalue weighted by molar-refractivity contribution is 0.425. The first-order chi connectivity index (χ1) is 7.70. The van der Waals surface area contributed by atoms with Crippen molar-refractivity contribution in [3.05, 3.63) is 23.8 Å². The van der Waals surface area contributed by atoms with Crippen LogP contribution in [0.3, 0.4) is 0 Å². The van der Waals surface area contributed by atoms with Crippen LogP contribution >= 0.6 is 0 Å². The molecule has 0 amide bonds. The minimum absolute atomic E-state index is 0.433. The molecular weight excluding hydrogens is 201 g/mol. The molecule has 1 aromatic rings. The van der Waals surface area contributed by atoms with E-state index in [4.69, 9.17) is 5.73 Å². The Morgan fingerprint density at radius 3 is 2.44 bits per heavy atom. The van der Waals surface area contributed by atoms with Gasteiger partial charge in [0.05, 0.1) is 0 Å². The highest BCUT2D eigenvalue weighted by molar-refractivity contribution is 6.60. The molecule has 1 aliphatic rings. The molecule has 0 heterocycles. The standard InChI is InChI=1S/C12H18BNO2/c14-12-10(9-5-2-1-3-6-9)7-4-8-11(12)13(15)16/h4,7-9,15-16H,1-3,5-6,14H2. The van der Waals surface area contributed by atoms with Crippen LogP contribution in [0.2, 0.25) is 0 Å². The monoisotopic (exact) mass is 219 g/mol. The summed E-state index contributed by atoms with van der Waals surface area (Å²) in [6, 6.07) is 5.54. The fourth-order valence-electron chi connectivity index (χ4n) is 2.60. The maximum Gasteiger partial charge on any atom is 0.490 e. The van der Waals surface area contributed by atoms with Crippen LogP contribution in [0.5, 0.6) is 0 Å². The van der Waals surface area contributed by atoms with Gasteiger partial charge < -0.3 is 15.8 Å². The van der Waals surface area contributed by atoms with Crippen molar-refractivity contribution >= 4 is 18.3 Å². The zero-order valence-electron chi connectivity index (χ0n) is 9.39. The molecule has 0 spiro atoms. The van der Waals surface area contributed by atoms with E-state index in [9.17, 15) is 10.0 Å². The lowest BCUT2D eigenvalue weighted by Crippen LogP contribution is -2.33. The van der Waals surface area contributed by atoms with Gasteiger partial charge in [0.25, 0.3) is 0 Å². The van der Waals surface area contributed by atoms with Gasteiger partial charge >= 0.3 is 7.12 Å². The molecule has 1 aliphatic carbocycles. The molecule has 0 atom stereocenters. The van der Waals surface area contributed by atoms with E-state index >= 15 is 0 Å². The minimum Gasteiger partial charge on any atom is -0.423 e. The Hall–Kier alpha value is -0.995. The average Bonchev–Trinajstić information content (AvgIpc) is 2.30. The molecule has 1 saturated carbocycles. The second kappa shape index (κ2) is 4.89. The largest absolute Gasteiger partial charge is 0.490 e. The number of nitrogens with two attached hydrogens (primary N) is 1. The van der Waals surface area contributed by atoms with Gasteiger partial charge in [0.2, 0.25) is 0 Å². The van der Waals surface area contributed by atoms with Crippen LogP contribution < -0.4 is 11.2 Å². The lowest BCUT2D eigenvalue weighted by Gasteiger charge is -2.24. The van der Waals surface area contributed by atoms with Crippen molar-refractivity contribution in [1.29, 1.82) is 0 Å². The summed E-state index contributed by atoms with van der Waals surface area (Å²) in [6.45, 7) is 0. The summed E-state index contributed by atoms with van der Waals surface area (Å²) in [5, 5.41) is 18.4. The van der Waals surface area contributed by atoms with E-state index in [1.165, 1.54) is 19.3 Å². The summed E-state index contributed by atoms with van der Waals surface area (Å²) in [7, 11) is -1.47. The van der Waals surface area contributed by atoms with E-state index in [1.54, 1.807) is 6.07 Å². The molecule has 0 radical (unpaired) electrons. The number of benzene rings is 1. The van der Waals surface area contributed by atoms with Gasteiger partial charge in [-0.05, 0) is 24.3 Å².